The van der Waals surface area contributed by atoms with Gasteiger partial charge in [-0.25, -0.2) is 15.0 Å². The maximum Gasteiger partial charge on any atom is 0.235 e. The van der Waals surface area contributed by atoms with Gasteiger partial charge in [0.1, 0.15) is 16.5 Å². The summed E-state index contributed by atoms with van der Waals surface area (Å²) in [6, 6.07) is 1.69. The minimum Gasteiger partial charge on any atom is -0.388 e. The van der Waals surface area contributed by atoms with Crippen LogP contribution in [0.1, 0.15) is 18.4 Å². The molecule has 0 fully saturated rings. The van der Waals surface area contributed by atoms with Crippen LogP contribution in [0.4, 0.5) is 0 Å². The van der Waals surface area contributed by atoms with Crippen LogP contribution in [0, 0.1) is 0 Å². The number of aromatic nitrogens is 4. The van der Waals surface area contributed by atoms with Gasteiger partial charge >= 0.3 is 0 Å². The van der Waals surface area contributed by atoms with E-state index in [4.69, 9.17) is 18.0 Å². The Morgan fingerprint density at radius 3 is 2.94 bits per heavy atom. The Hall–Kier alpha value is -1.82. The Morgan fingerprint density at radius 1 is 1.44 bits per heavy atom. The normalized spacial score (nSPS) is 10.3. The molecule has 0 bridgehead atoms. The molecule has 0 unspecified atom stereocenters. The summed E-state index contributed by atoms with van der Waals surface area (Å²) in [5.41, 5.74) is 6.09. The molecule has 0 aliphatic carbocycles. The highest BCUT2D eigenvalue weighted by Gasteiger charge is 2.07. The minimum absolute atomic E-state index is 0.266. The molecule has 0 radical (unpaired) electrons. The van der Waals surface area contributed by atoms with Crippen molar-refractivity contribution in [2.45, 2.75) is 13.3 Å². The molecular weight excluding hydrogens is 222 g/mol. The monoisotopic (exact) mass is 233 g/mol. The first-order valence-electron chi connectivity index (χ1n) is 4.88. The molecule has 6 heteroatoms. The van der Waals surface area contributed by atoms with Crippen LogP contribution >= 0.6 is 12.2 Å². The highest BCUT2D eigenvalue weighted by atomic mass is 32.1. The van der Waals surface area contributed by atoms with E-state index in [0.29, 0.717) is 11.6 Å². The topological polar surface area (TPSA) is 69.6 Å². The number of nitrogens with two attached hydrogens (primary N) is 1. The number of aryl methyl sites for hydroxylation is 1. The molecular formula is C10H11N5S. The van der Waals surface area contributed by atoms with Gasteiger partial charge in [-0.3, -0.25) is 4.57 Å². The van der Waals surface area contributed by atoms with E-state index < -0.39 is 0 Å². The maximum absolute atomic E-state index is 5.52. The van der Waals surface area contributed by atoms with Crippen molar-refractivity contribution >= 4 is 17.2 Å². The van der Waals surface area contributed by atoms with Gasteiger partial charge < -0.3 is 5.73 Å². The van der Waals surface area contributed by atoms with Gasteiger partial charge in [0, 0.05) is 25.0 Å². The Labute approximate surface area is 98.4 Å². The fraction of sp³-hybridized carbons (Fsp3) is 0.200. The van der Waals surface area contributed by atoms with Crippen molar-refractivity contribution in [2.24, 2.45) is 5.73 Å². The largest absolute Gasteiger partial charge is 0.388 e. The van der Waals surface area contributed by atoms with E-state index in [1.807, 2.05) is 17.7 Å². The summed E-state index contributed by atoms with van der Waals surface area (Å²) in [7, 11) is 0. The molecule has 2 aromatic rings. The van der Waals surface area contributed by atoms with Crippen LogP contribution in [0.25, 0.3) is 5.95 Å². The Balaban J connectivity index is 2.48. The van der Waals surface area contributed by atoms with E-state index in [0.717, 1.165) is 12.2 Å². The Morgan fingerprint density at radius 2 is 2.25 bits per heavy atom. The Kier molecular flexibility index (Phi) is 2.91. The molecule has 0 saturated carbocycles. The van der Waals surface area contributed by atoms with Crippen LogP contribution in [0.15, 0.2) is 24.7 Å². The lowest BCUT2D eigenvalue weighted by Crippen LogP contribution is -2.14. The van der Waals surface area contributed by atoms with E-state index in [9.17, 15) is 0 Å². The first-order chi connectivity index (χ1) is 7.72. The van der Waals surface area contributed by atoms with E-state index in [2.05, 4.69) is 15.0 Å². The van der Waals surface area contributed by atoms with Crippen LogP contribution in [-0.2, 0) is 6.42 Å². The van der Waals surface area contributed by atoms with Crippen LogP contribution in [0.2, 0.25) is 0 Å². The number of thiocarbonyl (C=S) groups is 1. The zero-order valence-electron chi connectivity index (χ0n) is 8.79. The summed E-state index contributed by atoms with van der Waals surface area (Å²) in [4.78, 5) is 12.9. The van der Waals surface area contributed by atoms with E-state index in [-0.39, 0.29) is 4.99 Å². The van der Waals surface area contributed by atoms with Gasteiger partial charge in [-0.05, 0) is 6.07 Å². The fourth-order valence-electron chi connectivity index (χ4n) is 1.38. The molecule has 82 valence electrons. The lowest BCUT2D eigenvalue weighted by molar-refractivity contribution is 0.834. The van der Waals surface area contributed by atoms with Crippen LogP contribution in [0.5, 0.6) is 0 Å². The minimum atomic E-state index is 0.266. The van der Waals surface area contributed by atoms with Gasteiger partial charge in [0.15, 0.2) is 0 Å². The summed E-state index contributed by atoms with van der Waals surface area (Å²) in [5.74, 6) is 1.44. The molecule has 2 rings (SSSR count). The van der Waals surface area contributed by atoms with Crippen LogP contribution in [0.3, 0.4) is 0 Å². The molecule has 5 nitrogen and oxygen atoms in total. The van der Waals surface area contributed by atoms with Gasteiger partial charge in [-0.15, -0.1) is 0 Å². The number of hydrogen-bond acceptors (Lipinski definition) is 4. The SMILES string of the molecule is CCc1nccn1-c1nccc(C(N)=S)n1. The lowest BCUT2D eigenvalue weighted by atomic mass is 10.4. The standard InChI is InChI=1S/C10H11N5S/c1-2-8-12-5-6-15(8)10-13-4-3-7(14-10)9(11)16/h3-6H,2H2,1H3,(H2,11,16). The van der Waals surface area contributed by atoms with Crippen molar-refractivity contribution in [3.63, 3.8) is 0 Å². The number of hydrogen-bond donors (Lipinski definition) is 1. The summed E-state index contributed by atoms with van der Waals surface area (Å²) < 4.78 is 1.82. The number of rotatable bonds is 3. The third-order valence-electron chi connectivity index (χ3n) is 2.14. The van der Waals surface area contributed by atoms with Crippen molar-refractivity contribution in [2.75, 3.05) is 0 Å². The summed E-state index contributed by atoms with van der Waals surface area (Å²) in [6.45, 7) is 2.02. The van der Waals surface area contributed by atoms with E-state index in [1.165, 1.54) is 0 Å². The van der Waals surface area contributed by atoms with Crippen molar-refractivity contribution in [1.82, 2.24) is 19.5 Å². The molecule has 0 aromatic carbocycles. The second-order valence-electron chi connectivity index (χ2n) is 3.17. The smallest absolute Gasteiger partial charge is 0.235 e. The first-order valence-corrected chi connectivity index (χ1v) is 5.28. The third-order valence-corrected chi connectivity index (χ3v) is 2.35. The van der Waals surface area contributed by atoms with Gasteiger partial charge in [0.25, 0.3) is 0 Å². The van der Waals surface area contributed by atoms with Crippen molar-refractivity contribution in [1.29, 1.82) is 0 Å². The van der Waals surface area contributed by atoms with Crippen molar-refractivity contribution in [3.05, 3.63) is 36.2 Å². The molecule has 2 heterocycles. The van der Waals surface area contributed by atoms with Gasteiger partial charge in [0.2, 0.25) is 5.95 Å². The van der Waals surface area contributed by atoms with Crippen molar-refractivity contribution < 1.29 is 0 Å². The highest BCUT2D eigenvalue weighted by Crippen LogP contribution is 2.06. The average Bonchev–Trinajstić information content (AvgIpc) is 2.77. The molecule has 0 atom stereocenters. The predicted octanol–water partition coefficient (Wildman–Crippen LogP) is 0.859. The molecule has 0 spiro atoms. The number of imidazole rings is 1. The molecule has 0 aliphatic rings. The number of nitrogens with zero attached hydrogens (tertiary/aromatic N) is 4. The summed E-state index contributed by atoms with van der Waals surface area (Å²) in [5, 5.41) is 0. The quantitative estimate of drug-likeness (QED) is 0.796. The average molecular weight is 233 g/mol. The molecule has 0 aliphatic heterocycles. The zero-order valence-corrected chi connectivity index (χ0v) is 9.61. The molecule has 0 amide bonds. The second-order valence-corrected chi connectivity index (χ2v) is 3.61. The fourth-order valence-corrected chi connectivity index (χ4v) is 1.49. The Bertz CT molecular complexity index is 519. The van der Waals surface area contributed by atoms with Gasteiger partial charge in [0.05, 0.1) is 0 Å². The lowest BCUT2D eigenvalue weighted by Gasteiger charge is -2.05. The first kappa shape index (κ1) is 10.7. The van der Waals surface area contributed by atoms with Gasteiger partial charge in [-0.1, -0.05) is 19.1 Å². The maximum atomic E-state index is 5.52. The van der Waals surface area contributed by atoms with Crippen molar-refractivity contribution in [3.8, 4) is 5.95 Å². The molecule has 2 N–H and O–H groups in total. The summed E-state index contributed by atoms with van der Waals surface area (Å²) >= 11 is 4.87. The zero-order chi connectivity index (χ0) is 11.5. The second kappa shape index (κ2) is 4.36. The van der Waals surface area contributed by atoms with E-state index >= 15 is 0 Å². The molecule has 2 aromatic heterocycles. The highest BCUT2D eigenvalue weighted by molar-refractivity contribution is 7.80. The summed E-state index contributed by atoms with van der Waals surface area (Å²) in [6.07, 6.45) is 5.98. The predicted molar refractivity (Wildman–Crippen MR) is 64.4 cm³/mol. The van der Waals surface area contributed by atoms with E-state index in [1.54, 1.807) is 18.5 Å². The van der Waals surface area contributed by atoms with Crippen LogP contribution in [-0.4, -0.2) is 24.5 Å². The molecule has 16 heavy (non-hydrogen) atoms. The third kappa shape index (κ3) is 1.92. The van der Waals surface area contributed by atoms with Gasteiger partial charge in [-0.2, -0.15) is 0 Å². The molecule has 0 saturated heterocycles. The van der Waals surface area contributed by atoms with Crippen LogP contribution < -0.4 is 5.73 Å².